The fraction of sp³-hybridized carbons (Fsp3) is 0.463. The first kappa shape index (κ1) is 38.4. The molecule has 4 heterocycles. The highest BCUT2D eigenvalue weighted by molar-refractivity contribution is 7.99. The number of hydrogen-bond donors (Lipinski definition) is 3. The monoisotopic (exact) mass is 771 g/mol. The van der Waals surface area contributed by atoms with Gasteiger partial charge in [-0.1, -0.05) is 30.3 Å². The van der Waals surface area contributed by atoms with Crippen molar-refractivity contribution in [1.29, 1.82) is 0 Å². The number of benzene rings is 2. The maximum atomic E-state index is 14.5. The van der Waals surface area contributed by atoms with Crippen LogP contribution in [0.3, 0.4) is 0 Å². The molecule has 1 saturated carbocycles. The van der Waals surface area contributed by atoms with Crippen molar-refractivity contribution in [2.75, 3.05) is 37.7 Å². The van der Waals surface area contributed by atoms with Crippen LogP contribution in [-0.2, 0) is 13.1 Å². The molecule has 286 valence electrons. The summed E-state index contributed by atoms with van der Waals surface area (Å²) in [7, 11) is 0. The molecule has 2 atom stereocenters. The maximum absolute atomic E-state index is 14.5. The summed E-state index contributed by atoms with van der Waals surface area (Å²) in [6, 6.07) is 16.7. The Bertz CT molecular complexity index is 1920. The predicted molar refractivity (Wildman–Crippen MR) is 214 cm³/mol. The Kier molecular flexibility index (Phi) is 12.6. The molecule has 2 aromatic carbocycles. The molecule has 3 N–H and O–H groups in total. The molecule has 7 rings (SSSR count). The van der Waals surface area contributed by atoms with Crippen molar-refractivity contribution in [3.8, 4) is 22.8 Å². The quantitative estimate of drug-likeness (QED) is 0.155. The van der Waals surface area contributed by atoms with Gasteiger partial charge in [-0.25, -0.2) is 14.4 Å². The second kappa shape index (κ2) is 17.7. The number of halogens is 1. The summed E-state index contributed by atoms with van der Waals surface area (Å²) in [5.41, 5.74) is 5.60. The van der Waals surface area contributed by atoms with E-state index in [2.05, 4.69) is 73.8 Å². The van der Waals surface area contributed by atoms with Crippen LogP contribution in [0.15, 0.2) is 60.1 Å². The molecule has 4 aromatic rings. The number of rotatable bonds is 11. The van der Waals surface area contributed by atoms with Gasteiger partial charge in [-0.15, -0.1) is 11.3 Å². The first-order valence-electron chi connectivity index (χ1n) is 19.0. The third-order valence-corrected chi connectivity index (χ3v) is 12.2. The number of amides is 2. The molecule has 54 heavy (non-hydrogen) atoms. The second-order valence-electron chi connectivity index (χ2n) is 15.0. The van der Waals surface area contributed by atoms with Crippen LogP contribution in [0, 0.1) is 12.7 Å². The van der Waals surface area contributed by atoms with E-state index in [4.69, 9.17) is 4.74 Å². The summed E-state index contributed by atoms with van der Waals surface area (Å²) < 4.78 is 20.8. The van der Waals surface area contributed by atoms with Gasteiger partial charge in [-0.05, 0) is 86.9 Å². The van der Waals surface area contributed by atoms with Gasteiger partial charge in [0.15, 0.2) is 5.01 Å². The number of nitrogens with one attached hydrogen (secondary N) is 3. The molecule has 0 bridgehead atoms. The lowest BCUT2D eigenvalue weighted by Crippen LogP contribution is -2.53. The minimum Gasteiger partial charge on any atom is -0.438 e. The average Bonchev–Trinajstić information content (AvgIpc) is 3.60. The number of hydrogen-bond acceptors (Lipinski definition) is 10. The Morgan fingerprint density at radius 2 is 1.65 bits per heavy atom. The molecular formula is C41H50FN7O3S2. The third kappa shape index (κ3) is 10.0. The Labute approximate surface area is 325 Å². The van der Waals surface area contributed by atoms with Crippen LogP contribution in [0.2, 0.25) is 0 Å². The maximum Gasteiger partial charge on any atom is 0.280 e. The molecule has 0 spiro atoms. The van der Waals surface area contributed by atoms with Crippen molar-refractivity contribution in [3.63, 3.8) is 0 Å². The molecule has 3 fully saturated rings. The summed E-state index contributed by atoms with van der Waals surface area (Å²) in [5.74, 6) is 1.63. The van der Waals surface area contributed by atoms with Gasteiger partial charge < -0.3 is 20.7 Å². The Balaban J connectivity index is 1.04. The summed E-state index contributed by atoms with van der Waals surface area (Å²) >= 11 is 3.34. The minimum atomic E-state index is -0.615. The number of pyridine rings is 1. The van der Waals surface area contributed by atoms with Crippen molar-refractivity contribution in [1.82, 2.24) is 35.7 Å². The topological polar surface area (TPSA) is 112 Å². The molecule has 0 unspecified atom stereocenters. The van der Waals surface area contributed by atoms with E-state index in [0.717, 1.165) is 73.8 Å². The third-order valence-electron chi connectivity index (χ3n) is 10.3. The highest BCUT2D eigenvalue weighted by atomic mass is 32.2. The largest absolute Gasteiger partial charge is 0.438 e. The van der Waals surface area contributed by atoms with Gasteiger partial charge in [0.1, 0.15) is 17.1 Å². The molecule has 1 aliphatic carbocycles. The molecule has 10 nitrogen and oxygen atoms in total. The number of aryl methyl sites for hydroxylation is 1. The lowest BCUT2D eigenvalue weighted by Gasteiger charge is -2.36. The number of carbonyl (C=O) groups excluding carboxylic acids is 2. The van der Waals surface area contributed by atoms with E-state index in [1.807, 2.05) is 42.3 Å². The molecular weight excluding hydrogens is 722 g/mol. The Morgan fingerprint density at radius 3 is 2.35 bits per heavy atom. The Hall–Kier alpha value is -3.88. The van der Waals surface area contributed by atoms with E-state index in [-0.39, 0.29) is 29.4 Å². The SMILES string of the molecule is Cc1csc(C(=O)NC2CCC(NC(=O)c3cc(F)cnc3Oc3cccc(-c4ccc(CN5C[C@@H](C)N[C@@H](C)C5)cc4CN4CCSCC4)c3)CC2)n1. The van der Waals surface area contributed by atoms with Crippen molar-refractivity contribution in [2.24, 2.45) is 0 Å². The zero-order valence-corrected chi connectivity index (χ0v) is 32.9. The normalized spacial score (nSPS) is 22.4. The highest BCUT2D eigenvalue weighted by Crippen LogP contribution is 2.33. The van der Waals surface area contributed by atoms with E-state index in [1.165, 1.54) is 28.5 Å². The van der Waals surface area contributed by atoms with Crippen molar-refractivity contribution < 1.29 is 18.7 Å². The van der Waals surface area contributed by atoms with Crippen molar-refractivity contribution in [2.45, 2.75) is 83.7 Å². The summed E-state index contributed by atoms with van der Waals surface area (Å²) in [6.45, 7) is 12.3. The minimum absolute atomic E-state index is 0.00675. The number of thioether (sulfide) groups is 1. The fourth-order valence-corrected chi connectivity index (χ4v) is 9.52. The zero-order chi connectivity index (χ0) is 37.6. The highest BCUT2D eigenvalue weighted by Gasteiger charge is 2.27. The van der Waals surface area contributed by atoms with Crippen LogP contribution >= 0.6 is 23.1 Å². The smallest absolute Gasteiger partial charge is 0.280 e. The van der Waals surface area contributed by atoms with Crippen molar-refractivity contribution in [3.05, 3.63) is 93.3 Å². The summed E-state index contributed by atoms with van der Waals surface area (Å²) in [4.78, 5) is 39.7. The fourth-order valence-electron chi connectivity index (χ4n) is 7.85. The van der Waals surface area contributed by atoms with Gasteiger partial charge >= 0.3 is 0 Å². The van der Waals surface area contributed by atoms with Gasteiger partial charge in [0, 0.05) is 86.0 Å². The van der Waals surface area contributed by atoms with Crippen LogP contribution in [0.4, 0.5) is 4.39 Å². The average molecular weight is 772 g/mol. The lowest BCUT2D eigenvalue weighted by molar-refractivity contribution is 0.0890. The molecule has 3 aliphatic rings. The number of aromatic nitrogens is 2. The Morgan fingerprint density at radius 1 is 0.926 bits per heavy atom. The number of thiazole rings is 1. The first-order valence-corrected chi connectivity index (χ1v) is 21.1. The molecule has 2 aliphatic heterocycles. The number of ether oxygens (including phenoxy) is 1. The molecule has 13 heteroatoms. The molecule has 2 aromatic heterocycles. The van der Waals surface area contributed by atoms with Crippen LogP contribution in [0.1, 0.15) is 76.5 Å². The van der Waals surface area contributed by atoms with Crippen LogP contribution in [0.5, 0.6) is 11.6 Å². The van der Waals surface area contributed by atoms with E-state index in [0.29, 0.717) is 48.5 Å². The van der Waals surface area contributed by atoms with Crippen LogP contribution in [-0.4, -0.2) is 93.4 Å². The molecule has 0 radical (unpaired) electrons. The van der Waals surface area contributed by atoms with Gasteiger partial charge in [0.2, 0.25) is 5.88 Å². The van der Waals surface area contributed by atoms with E-state index >= 15 is 0 Å². The standard InChI is InChI=1S/C41H50FN7O3S2/c1-26-21-49(22-27(2)44-26)23-29-7-12-36(31(17-29)24-48-13-15-53-16-14-48)30-5-4-6-35(18-30)52-40-37(19-32(42)20-43-40)38(50)46-33-8-10-34(11-9-33)47-39(51)41-45-28(3)25-54-41/h4-7,12,17-20,25-27,33-34,44H,8-11,13-16,21-24H2,1-3H3,(H,46,50)(H,47,51)/t26-,27+,33?,34?. The summed E-state index contributed by atoms with van der Waals surface area (Å²) in [6.07, 6.45) is 3.86. The van der Waals surface area contributed by atoms with E-state index in [9.17, 15) is 14.0 Å². The lowest BCUT2D eigenvalue weighted by atomic mass is 9.91. The predicted octanol–water partition coefficient (Wildman–Crippen LogP) is 6.65. The van der Waals surface area contributed by atoms with Crippen molar-refractivity contribution >= 4 is 34.9 Å². The van der Waals surface area contributed by atoms with Gasteiger partial charge in [0.05, 0.1) is 6.20 Å². The summed E-state index contributed by atoms with van der Waals surface area (Å²) in [5, 5.41) is 12.1. The number of nitrogens with zero attached hydrogens (tertiary/aromatic N) is 4. The number of carbonyl (C=O) groups is 2. The first-order chi connectivity index (χ1) is 26.1. The molecule has 2 amide bonds. The van der Waals surface area contributed by atoms with Gasteiger partial charge in [-0.3, -0.25) is 19.4 Å². The van der Waals surface area contributed by atoms with Gasteiger partial charge in [0.25, 0.3) is 11.8 Å². The second-order valence-corrected chi connectivity index (χ2v) is 17.1. The molecule has 2 saturated heterocycles. The van der Waals surface area contributed by atoms with E-state index < -0.39 is 11.7 Å². The van der Waals surface area contributed by atoms with Crippen LogP contribution in [0.25, 0.3) is 11.1 Å². The van der Waals surface area contributed by atoms with E-state index in [1.54, 1.807) is 0 Å². The van der Waals surface area contributed by atoms with Crippen LogP contribution < -0.4 is 20.7 Å². The number of piperazine rings is 1. The zero-order valence-electron chi connectivity index (χ0n) is 31.3. The van der Waals surface area contributed by atoms with Gasteiger partial charge in [-0.2, -0.15) is 11.8 Å².